The van der Waals surface area contributed by atoms with Crippen molar-refractivity contribution in [2.24, 2.45) is 5.73 Å². The van der Waals surface area contributed by atoms with Crippen LogP contribution in [0.1, 0.15) is 26.2 Å². The fourth-order valence-corrected chi connectivity index (χ4v) is 2.70. The highest BCUT2D eigenvalue weighted by Gasteiger charge is 2.46. The first-order valence-corrected chi connectivity index (χ1v) is 8.28. The maximum absolute atomic E-state index is 11.9. The molecule has 0 bridgehead atoms. The van der Waals surface area contributed by atoms with Crippen LogP contribution >= 0.6 is 11.3 Å². The highest BCUT2D eigenvalue weighted by molar-refractivity contribution is 7.14. The lowest BCUT2D eigenvalue weighted by Crippen LogP contribution is -2.37. The average Bonchev–Trinajstić information content (AvgIpc) is 3.11. The lowest BCUT2D eigenvalue weighted by molar-refractivity contribution is -0.118. The summed E-state index contributed by atoms with van der Waals surface area (Å²) in [6.07, 6.45) is 2.48. The maximum Gasteiger partial charge on any atom is 0.246 e. The van der Waals surface area contributed by atoms with Crippen LogP contribution in [0.15, 0.2) is 29.6 Å². The number of aromatic nitrogens is 1. The van der Waals surface area contributed by atoms with Crippen molar-refractivity contribution >= 4 is 22.4 Å². The number of nitrogens with one attached hydrogen (secondary N) is 1. The topological polar surface area (TPSA) is 77.2 Å². The molecule has 1 aliphatic rings. The molecule has 0 saturated heterocycles. The number of amides is 1. The van der Waals surface area contributed by atoms with Crippen molar-refractivity contribution in [3.63, 3.8) is 0 Å². The quantitative estimate of drug-likeness (QED) is 0.858. The van der Waals surface area contributed by atoms with Gasteiger partial charge >= 0.3 is 0 Å². The summed E-state index contributed by atoms with van der Waals surface area (Å²) in [5.41, 5.74) is 7.02. The van der Waals surface area contributed by atoms with Crippen molar-refractivity contribution in [2.45, 2.75) is 31.7 Å². The lowest BCUT2D eigenvalue weighted by Gasteiger charge is -2.07. The molecule has 0 atom stereocenters. The molecular weight excluding hydrogens is 298 g/mol. The van der Waals surface area contributed by atoms with Crippen molar-refractivity contribution in [1.82, 2.24) is 4.98 Å². The summed E-state index contributed by atoms with van der Waals surface area (Å²) in [5, 5.41) is 5.30. The van der Waals surface area contributed by atoms with Gasteiger partial charge in [0.2, 0.25) is 5.91 Å². The molecule has 1 aliphatic carbocycles. The van der Waals surface area contributed by atoms with Crippen LogP contribution in [-0.2, 0) is 4.79 Å². The predicted molar refractivity (Wildman–Crippen MR) is 88.1 cm³/mol. The van der Waals surface area contributed by atoms with Crippen LogP contribution in [-0.4, -0.2) is 23.0 Å². The van der Waals surface area contributed by atoms with E-state index in [2.05, 4.69) is 17.2 Å². The Bertz CT molecular complexity index is 662. The molecule has 0 radical (unpaired) electrons. The second-order valence-corrected chi connectivity index (χ2v) is 6.38. The molecule has 0 spiro atoms. The summed E-state index contributed by atoms with van der Waals surface area (Å²) in [5.74, 6) is 0.713. The van der Waals surface area contributed by atoms with E-state index in [9.17, 15) is 4.79 Å². The Hall–Kier alpha value is -1.92. The van der Waals surface area contributed by atoms with Crippen molar-refractivity contribution in [3.8, 4) is 17.0 Å². The lowest BCUT2D eigenvalue weighted by atomic mass is 10.2. The zero-order valence-electron chi connectivity index (χ0n) is 12.5. The number of benzene rings is 1. The summed E-state index contributed by atoms with van der Waals surface area (Å²) < 4.78 is 5.56. The van der Waals surface area contributed by atoms with Gasteiger partial charge in [0.25, 0.3) is 0 Å². The minimum absolute atomic E-state index is 0.142. The van der Waals surface area contributed by atoms with Crippen molar-refractivity contribution in [3.05, 3.63) is 29.6 Å². The number of nitrogens with zero attached hydrogens (tertiary/aromatic N) is 1. The summed E-state index contributed by atoms with van der Waals surface area (Å²) in [6, 6.07) is 7.80. The van der Waals surface area contributed by atoms with Crippen LogP contribution < -0.4 is 15.8 Å². The number of rotatable bonds is 6. The van der Waals surface area contributed by atoms with Crippen LogP contribution in [0.5, 0.6) is 5.75 Å². The van der Waals surface area contributed by atoms with Crippen LogP contribution in [0.3, 0.4) is 0 Å². The van der Waals surface area contributed by atoms with Crippen molar-refractivity contribution in [1.29, 1.82) is 0 Å². The molecule has 2 aromatic rings. The van der Waals surface area contributed by atoms with Crippen molar-refractivity contribution < 1.29 is 9.53 Å². The Morgan fingerprint density at radius 3 is 2.77 bits per heavy atom. The number of hydrogen-bond donors (Lipinski definition) is 2. The van der Waals surface area contributed by atoms with E-state index >= 15 is 0 Å². The van der Waals surface area contributed by atoms with Crippen LogP contribution in [0.25, 0.3) is 11.3 Å². The normalized spacial score (nSPS) is 15.4. The Kier molecular flexibility index (Phi) is 4.13. The van der Waals surface area contributed by atoms with Gasteiger partial charge in [-0.1, -0.05) is 6.92 Å². The van der Waals surface area contributed by atoms with E-state index in [4.69, 9.17) is 10.5 Å². The fourth-order valence-electron chi connectivity index (χ4n) is 1.99. The highest BCUT2D eigenvalue weighted by atomic mass is 32.1. The molecule has 1 aromatic carbocycles. The Morgan fingerprint density at radius 2 is 2.14 bits per heavy atom. The number of ether oxygens (including phenoxy) is 1. The SMILES string of the molecule is CCCOc1ccc(-c2csc(NC(=O)C3(N)CC3)n2)cc1. The molecule has 5 nitrogen and oxygen atoms in total. The zero-order valence-corrected chi connectivity index (χ0v) is 13.3. The monoisotopic (exact) mass is 317 g/mol. The second kappa shape index (κ2) is 6.06. The minimum Gasteiger partial charge on any atom is -0.494 e. The third kappa shape index (κ3) is 3.28. The largest absolute Gasteiger partial charge is 0.494 e. The number of carbonyl (C=O) groups is 1. The molecule has 1 heterocycles. The Labute approximate surface area is 133 Å². The van der Waals surface area contributed by atoms with E-state index in [1.165, 1.54) is 11.3 Å². The number of thiazole rings is 1. The molecule has 0 aliphatic heterocycles. The van der Waals surface area contributed by atoms with Gasteiger partial charge in [0.15, 0.2) is 5.13 Å². The van der Waals surface area contributed by atoms with Crippen LogP contribution in [0, 0.1) is 0 Å². The highest BCUT2D eigenvalue weighted by Crippen LogP contribution is 2.34. The number of nitrogens with two attached hydrogens (primary N) is 1. The second-order valence-electron chi connectivity index (χ2n) is 5.52. The van der Waals surface area contributed by atoms with E-state index in [1.807, 2.05) is 29.6 Å². The van der Waals surface area contributed by atoms with E-state index in [0.29, 0.717) is 11.7 Å². The molecule has 22 heavy (non-hydrogen) atoms. The molecule has 1 aromatic heterocycles. The molecule has 1 amide bonds. The first kappa shape index (κ1) is 15.0. The first-order chi connectivity index (χ1) is 10.6. The average molecular weight is 317 g/mol. The molecule has 0 unspecified atom stereocenters. The number of hydrogen-bond acceptors (Lipinski definition) is 5. The third-order valence-electron chi connectivity index (χ3n) is 3.59. The van der Waals surface area contributed by atoms with Gasteiger partial charge in [-0.25, -0.2) is 4.98 Å². The van der Waals surface area contributed by atoms with Gasteiger partial charge in [0.1, 0.15) is 5.75 Å². The molecule has 1 saturated carbocycles. The summed E-state index contributed by atoms with van der Waals surface area (Å²) in [4.78, 5) is 16.3. The molecule has 116 valence electrons. The van der Waals surface area contributed by atoms with Crippen molar-refractivity contribution in [2.75, 3.05) is 11.9 Å². The minimum atomic E-state index is -0.676. The third-order valence-corrected chi connectivity index (χ3v) is 4.35. The standard InChI is InChI=1S/C16H19N3O2S/c1-2-9-21-12-5-3-11(4-6-12)13-10-22-15(18-13)19-14(20)16(17)7-8-16/h3-6,10H,2,7-9,17H2,1H3,(H,18,19,20). The predicted octanol–water partition coefficient (Wildman–Crippen LogP) is 3.03. The maximum atomic E-state index is 11.9. The summed E-state index contributed by atoms with van der Waals surface area (Å²) in [6.45, 7) is 2.79. The van der Waals surface area contributed by atoms with Gasteiger partial charge in [0.05, 0.1) is 17.8 Å². The fraction of sp³-hybridized carbons (Fsp3) is 0.375. The zero-order chi connectivity index (χ0) is 15.6. The van der Waals surface area contributed by atoms with Crippen LogP contribution in [0.2, 0.25) is 0 Å². The number of carbonyl (C=O) groups excluding carboxylic acids is 1. The van der Waals surface area contributed by atoms with Gasteiger partial charge in [-0.3, -0.25) is 4.79 Å². The van der Waals surface area contributed by atoms with Gasteiger partial charge < -0.3 is 15.8 Å². The molecule has 6 heteroatoms. The van der Waals surface area contributed by atoms with Gasteiger partial charge in [-0.15, -0.1) is 11.3 Å². The smallest absolute Gasteiger partial charge is 0.246 e. The van der Waals surface area contributed by atoms with E-state index in [1.54, 1.807) is 0 Å². The van der Waals surface area contributed by atoms with Gasteiger partial charge in [-0.2, -0.15) is 0 Å². The first-order valence-electron chi connectivity index (χ1n) is 7.40. The van der Waals surface area contributed by atoms with Gasteiger partial charge in [0, 0.05) is 10.9 Å². The number of anilines is 1. The van der Waals surface area contributed by atoms with E-state index in [0.717, 1.165) is 36.3 Å². The molecular formula is C16H19N3O2S. The molecule has 3 N–H and O–H groups in total. The summed E-state index contributed by atoms with van der Waals surface area (Å²) in [7, 11) is 0. The Morgan fingerprint density at radius 1 is 1.41 bits per heavy atom. The van der Waals surface area contributed by atoms with Gasteiger partial charge in [-0.05, 0) is 43.5 Å². The van der Waals surface area contributed by atoms with E-state index in [-0.39, 0.29) is 5.91 Å². The molecule has 3 rings (SSSR count). The summed E-state index contributed by atoms with van der Waals surface area (Å²) >= 11 is 1.40. The van der Waals surface area contributed by atoms with Crippen LogP contribution in [0.4, 0.5) is 5.13 Å². The molecule has 1 fully saturated rings. The van der Waals surface area contributed by atoms with E-state index < -0.39 is 5.54 Å². The Balaban J connectivity index is 1.66.